The van der Waals surface area contributed by atoms with Crippen LogP contribution in [0.15, 0.2) is 86.5 Å². The Kier molecular flexibility index (Phi) is 8.52. The van der Waals surface area contributed by atoms with E-state index < -0.39 is 26.5 Å². The fraction of sp³-hybridized carbons (Fsp3) is 0.167. The third-order valence-corrected chi connectivity index (χ3v) is 10.0. The van der Waals surface area contributed by atoms with Crippen molar-refractivity contribution in [2.24, 2.45) is 0 Å². The van der Waals surface area contributed by atoms with Crippen molar-refractivity contribution in [1.29, 1.82) is 0 Å². The van der Waals surface area contributed by atoms with Gasteiger partial charge in [-0.05, 0) is 48.9 Å². The number of fused-ring (bicyclic) bond motifs is 2. The lowest BCUT2D eigenvalue weighted by atomic mass is 10.1. The van der Waals surface area contributed by atoms with Gasteiger partial charge in [0.2, 0.25) is 11.7 Å². The molecule has 2 aromatic carbocycles. The zero-order valence-electron chi connectivity index (χ0n) is 19.2. The van der Waals surface area contributed by atoms with Crippen molar-refractivity contribution in [2.45, 2.75) is 16.2 Å². The summed E-state index contributed by atoms with van der Waals surface area (Å²) < 4.78 is 53.0. The van der Waals surface area contributed by atoms with Crippen molar-refractivity contribution in [3.05, 3.63) is 82.3 Å². The number of allylic oxidation sites excluding steroid dienone is 5. The Labute approximate surface area is 233 Å². The van der Waals surface area contributed by atoms with Crippen LogP contribution in [0.25, 0.3) is 0 Å². The number of ketones is 1. The van der Waals surface area contributed by atoms with Crippen LogP contribution in [0.2, 0.25) is 0 Å². The Hall–Kier alpha value is -2.14. The summed E-state index contributed by atoms with van der Waals surface area (Å²) in [7, 11) is -7.49. The molecule has 196 valence electrons. The van der Waals surface area contributed by atoms with Gasteiger partial charge in [-0.2, -0.15) is 8.42 Å². The third-order valence-electron chi connectivity index (χ3n) is 5.49. The summed E-state index contributed by atoms with van der Waals surface area (Å²) >= 11 is 3.39. The molecule has 0 spiro atoms. The quantitative estimate of drug-likeness (QED) is 0.123. The molecule has 0 saturated carbocycles. The number of hydrogen-bond acceptors (Lipinski definition) is 8. The van der Waals surface area contributed by atoms with Crippen molar-refractivity contribution >= 4 is 78.1 Å². The van der Waals surface area contributed by atoms with Crippen LogP contribution in [0.5, 0.6) is 0 Å². The molecule has 1 amide bonds. The summed E-state index contributed by atoms with van der Waals surface area (Å²) in [6.45, 7) is 0.314. The smallest absolute Gasteiger partial charge is 0.264 e. The van der Waals surface area contributed by atoms with E-state index in [0.717, 1.165) is 15.6 Å². The standard InChI is InChI=1S/C24H23IN2O7S3/c25-15-22(28)26-16-10-11-18-19(14-16)35-23(27(18)12-5-13-36(30,31)32)9-4-3-8-21-24(29)17-6-1-2-7-20(17)37(21,33)34/h1-4,6-11,14,33-34H,5,12-13,15H2,(H,26,28)(H,30,31,32). The molecule has 2 aliphatic heterocycles. The Balaban J connectivity index is 1.58. The van der Waals surface area contributed by atoms with E-state index in [2.05, 4.69) is 5.32 Å². The van der Waals surface area contributed by atoms with Crippen LogP contribution < -0.4 is 10.2 Å². The third kappa shape index (κ3) is 6.30. The van der Waals surface area contributed by atoms with Crippen LogP contribution >= 0.6 is 44.9 Å². The lowest BCUT2D eigenvalue weighted by molar-refractivity contribution is -0.113. The van der Waals surface area contributed by atoms with Gasteiger partial charge in [0.25, 0.3) is 10.1 Å². The Bertz CT molecular complexity index is 1450. The second-order valence-electron chi connectivity index (χ2n) is 8.05. The normalized spacial score (nSPS) is 19.5. The van der Waals surface area contributed by atoms with Gasteiger partial charge >= 0.3 is 0 Å². The molecule has 2 aromatic rings. The first-order valence-corrected chi connectivity index (χ1v) is 16.4. The number of rotatable bonds is 8. The van der Waals surface area contributed by atoms with Gasteiger partial charge in [0.1, 0.15) is 4.91 Å². The van der Waals surface area contributed by atoms with E-state index in [1.165, 1.54) is 23.9 Å². The lowest BCUT2D eigenvalue weighted by Crippen LogP contribution is -2.21. The van der Waals surface area contributed by atoms with Crippen LogP contribution in [-0.2, 0) is 14.9 Å². The number of anilines is 2. The topological polar surface area (TPSA) is 144 Å². The second kappa shape index (κ2) is 11.3. The summed E-state index contributed by atoms with van der Waals surface area (Å²) in [5.74, 6) is -0.943. The molecule has 2 heterocycles. The molecular formula is C24H23IN2O7S3. The highest BCUT2D eigenvalue weighted by Crippen LogP contribution is 2.62. The van der Waals surface area contributed by atoms with Gasteiger partial charge in [-0.25, -0.2) is 0 Å². The van der Waals surface area contributed by atoms with Crippen molar-refractivity contribution in [3.8, 4) is 0 Å². The van der Waals surface area contributed by atoms with E-state index in [1.54, 1.807) is 42.5 Å². The van der Waals surface area contributed by atoms with Gasteiger partial charge in [0.15, 0.2) is 0 Å². The number of nitrogens with zero attached hydrogens (tertiary/aromatic N) is 1. The van der Waals surface area contributed by atoms with E-state index in [-0.39, 0.29) is 33.4 Å². The van der Waals surface area contributed by atoms with Crippen LogP contribution in [0.1, 0.15) is 16.8 Å². The van der Waals surface area contributed by atoms with E-state index in [1.807, 2.05) is 39.6 Å². The maximum absolute atomic E-state index is 12.7. The van der Waals surface area contributed by atoms with Crippen molar-refractivity contribution in [1.82, 2.24) is 0 Å². The number of nitrogens with one attached hydrogen (secondary N) is 1. The molecule has 0 aromatic heterocycles. The largest absolute Gasteiger partial charge is 0.335 e. The average molecular weight is 675 g/mol. The number of thioether (sulfide) groups is 1. The predicted octanol–water partition coefficient (Wildman–Crippen LogP) is 5.54. The SMILES string of the molecule is O=C(CI)Nc1ccc2c(c1)SC(=CC=CC=C1C(=O)c3ccccc3S1(O)O)N2CCCS(=O)(=O)O. The van der Waals surface area contributed by atoms with Gasteiger partial charge in [0.05, 0.1) is 25.8 Å². The first-order valence-electron chi connectivity index (χ1n) is 10.9. The first-order chi connectivity index (χ1) is 17.5. The molecule has 0 bridgehead atoms. The fourth-order valence-corrected chi connectivity index (χ4v) is 7.31. The maximum atomic E-state index is 12.7. The first kappa shape index (κ1) is 27.9. The number of halogens is 1. The summed E-state index contributed by atoms with van der Waals surface area (Å²) in [4.78, 5) is 27.3. The monoisotopic (exact) mass is 674 g/mol. The predicted molar refractivity (Wildman–Crippen MR) is 155 cm³/mol. The molecule has 4 rings (SSSR count). The molecule has 0 atom stereocenters. The zero-order valence-corrected chi connectivity index (χ0v) is 23.8. The highest BCUT2D eigenvalue weighted by molar-refractivity contribution is 14.1. The van der Waals surface area contributed by atoms with Gasteiger partial charge < -0.3 is 10.2 Å². The summed E-state index contributed by atoms with van der Waals surface area (Å²) in [6.07, 6.45) is 6.54. The Morgan fingerprint density at radius 2 is 1.86 bits per heavy atom. The Morgan fingerprint density at radius 1 is 1.14 bits per heavy atom. The minimum absolute atomic E-state index is 0.0774. The minimum atomic E-state index is -4.10. The van der Waals surface area contributed by atoms with Crippen molar-refractivity contribution in [3.63, 3.8) is 0 Å². The number of benzene rings is 2. The van der Waals surface area contributed by atoms with E-state index in [0.29, 0.717) is 16.7 Å². The number of hydrogen-bond donors (Lipinski definition) is 4. The molecule has 0 saturated heterocycles. The van der Waals surface area contributed by atoms with E-state index in [4.69, 9.17) is 4.55 Å². The lowest BCUT2D eigenvalue weighted by Gasteiger charge is -2.27. The molecule has 13 heteroatoms. The molecular weight excluding hydrogens is 651 g/mol. The molecule has 0 fully saturated rings. The molecule has 0 unspecified atom stereocenters. The number of amides is 1. The summed E-state index contributed by atoms with van der Waals surface area (Å²) in [5, 5.41) is 3.56. The number of carbonyl (C=O) groups excluding carboxylic acids is 2. The van der Waals surface area contributed by atoms with Gasteiger partial charge in [-0.15, -0.1) is 10.6 Å². The fourth-order valence-electron chi connectivity index (χ4n) is 3.87. The van der Waals surface area contributed by atoms with Gasteiger partial charge in [0, 0.05) is 22.7 Å². The number of alkyl halides is 1. The summed E-state index contributed by atoms with van der Waals surface area (Å²) in [6, 6.07) is 11.8. The number of carbonyl (C=O) groups is 2. The van der Waals surface area contributed by atoms with E-state index in [9.17, 15) is 27.1 Å². The maximum Gasteiger partial charge on any atom is 0.264 e. The molecule has 0 aliphatic carbocycles. The average Bonchev–Trinajstić information content (AvgIpc) is 3.27. The van der Waals surface area contributed by atoms with E-state index >= 15 is 0 Å². The Morgan fingerprint density at radius 3 is 2.57 bits per heavy atom. The van der Waals surface area contributed by atoms with Crippen molar-refractivity contribution in [2.75, 3.05) is 26.9 Å². The zero-order chi connectivity index (χ0) is 26.8. The van der Waals surface area contributed by atoms with Crippen LogP contribution in [0, 0.1) is 0 Å². The van der Waals surface area contributed by atoms with Crippen molar-refractivity contribution < 1.29 is 31.7 Å². The van der Waals surface area contributed by atoms with Gasteiger partial charge in [-0.1, -0.05) is 58.6 Å². The summed E-state index contributed by atoms with van der Waals surface area (Å²) in [5.41, 5.74) is 1.73. The van der Waals surface area contributed by atoms with Crippen LogP contribution in [0.3, 0.4) is 0 Å². The molecule has 9 nitrogen and oxygen atoms in total. The highest BCUT2D eigenvalue weighted by atomic mass is 127. The highest BCUT2D eigenvalue weighted by Gasteiger charge is 2.38. The minimum Gasteiger partial charge on any atom is -0.335 e. The molecule has 0 radical (unpaired) electrons. The second-order valence-corrected chi connectivity index (χ2v) is 13.4. The molecule has 4 N–H and O–H groups in total. The van der Waals surface area contributed by atoms with Crippen LogP contribution in [-0.4, -0.2) is 50.5 Å². The number of Topliss-reactive ketones (excluding diaryl/α,β-unsaturated/α-hetero) is 1. The molecule has 37 heavy (non-hydrogen) atoms. The van der Waals surface area contributed by atoms with Crippen LogP contribution in [0.4, 0.5) is 11.4 Å². The molecule has 2 aliphatic rings. The van der Waals surface area contributed by atoms with Gasteiger partial charge in [-0.3, -0.25) is 23.2 Å².